The fraction of sp³-hybridized carbons (Fsp3) is 0.429. The summed E-state index contributed by atoms with van der Waals surface area (Å²) in [6.07, 6.45) is 1.86. The van der Waals surface area contributed by atoms with E-state index in [1.807, 2.05) is 13.0 Å². The van der Waals surface area contributed by atoms with E-state index in [4.69, 9.17) is 10.00 Å². The van der Waals surface area contributed by atoms with Gasteiger partial charge in [0.05, 0.1) is 0 Å². The molecular formula is C14H18N2O2. The molecule has 18 heavy (non-hydrogen) atoms. The maximum absolute atomic E-state index is 11.8. The third kappa shape index (κ3) is 4.46. The average molecular weight is 246 g/mol. The first-order chi connectivity index (χ1) is 8.67. The van der Waals surface area contributed by atoms with Gasteiger partial charge in [0.25, 0.3) is 0 Å². The summed E-state index contributed by atoms with van der Waals surface area (Å²) in [4.78, 5) is 11.8. The summed E-state index contributed by atoms with van der Waals surface area (Å²) >= 11 is 0. The highest BCUT2D eigenvalue weighted by Crippen LogP contribution is 2.18. The second-order valence-electron chi connectivity index (χ2n) is 4.15. The highest BCUT2D eigenvalue weighted by molar-refractivity contribution is 5.92. The molecule has 1 aromatic rings. The summed E-state index contributed by atoms with van der Waals surface area (Å²) in [5.74, 6) is 0.588. The lowest BCUT2D eigenvalue weighted by Crippen LogP contribution is -2.20. The Kier molecular flexibility index (Phi) is 5.72. The van der Waals surface area contributed by atoms with Crippen LogP contribution in [0.2, 0.25) is 0 Å². The summed E-state index contributed by atoms with van der Waals surface area (Å²) in [7, 11) is 0. The van der Waals surface area contributed by atoms with E-state index < -0.39 is 0 Å². The first-order valence-electron chi connectivity index (χ1n) is 6.08. The lowest BCUT2D eigenvalue weighted by molar-refractivity contribution is -0.119. The zero-order valence-electron chi connectivity index (χ0n) is 10.8. The molecule has 0 spiro atoms. The highest BCUT2D eigenvalue weighted by atomic mass is 16.5. The van der Waals surface area contributed by atoms with Crippen LogP contribution < -0.4 is 10.1 Å². The standard InChI is InChI=1S/C14H18N2O2/c1-3-5-11(2)14(17)16-12-6-4-7-13(10-12)18-9-8-15/h4,6-7,10-11H,3,5,9H2,1-2H3,(H,16,17). The van der Waals surface area contributed by atoms with Crippen molar-refractivity contribution in [1.29, 1.82) is 5.26 Å². The molecule has 0 saturated carbocycles. The number of amides is 1. The lowest BCUT2D eigenvalue weighted by atomic mass is 10.1. The summed E-state index contributed by atoms with van der Waals surface area (Å²) in [6.45, 7) is 3.97. The molecule has 0 aromatic heterocycles. The van der Waals surface area contributed by atoms with Gasteiger partial charge in [-0.2, -0.15) is 5.26 Å². The molecule has 1 amide bonds. The first-order valence-corrected chi connectivity index (χ1v) is 6.08. The number of ether oxygens (including phenoxy) is 1. The highest BCUT2D eigenvalue weighted by Gasteiger charge is 2.11. The van der Waals surface area contributed by atoms with Crippen LogP contribution in [0.3, 0.4) is 0 Å². The Morgan fingerprint density at radius 3 is 3.00 bits per heavy atom. The Balaban J connectivity index is 2.61. The summed E-state index contributed by atoms with van der Waals surface area (Å²) < 4.78 is 5.17. The van der Waals surface area contributed by atoms with Crippen molar-refractivity contribution < 1.29 is 9.53 Å². The Bertz CT molecular complexity index is 438. The summed E-state index contributed by atoms with van der Waals surface area (Å²) in [5, 5.41) is 11.3. The van der Waals surface area contributed by atoms with Gasteiger partial charge in [-0.05, 0) is 18.6 Å². The van der Waals surface area contributed by atoms with Crippen LogP contribution in [0.4, 0.5) is 5.69 Å². The minimum absolute atomic E-state index is 0.00122. The van der Waals surface area contributed by atoms with E-state index in [0.29, 0.717) is 11.4 Å². The Morgan fingerprint density at radius 1 is 1.56 bits per heavy atom. The van der Waals surface area contributed by atoms with Crippen LogP contribution in [0, 0.1) is 17.2 Å². The van der Waals surface area contributed by atoms with Crippen molar-refractivity contribution in [3.63, 3.8) is 0 Å². The summed E-state index contributed by atoms with van der Waals surface area (Å²) in [5.41, 5.74) is 0.693. The molecule has 1 unspecified atom stereocenters. The number of carbonyl (C=O) groups is 1. The van der Waals surface area contributed by atoms with Gasteiger partial charge in [0.2, 0.25) is 5.91 Å². The molecule has 96 valence electrons. The van der Waals surface area contributed by atoms with E-state index in [1.54, 1.807) is 24.3 Å². The van der Waals surface area contributed by atoms with E-state index in [2.05, 4.69) is 12.2 Å². The normalized spacial score (nSPS) is 11.4. The number of carbonyl (C=O) groups excluding carboxylic acids is 1. The van der Waals surface area contributed by atoms with Gasteiger partial charge >= 0.3 is 0 Å². The van der Waals surface area contributed by atoms with E-state index >= 15 is 0 Å². The smallest absolute Gasteiger partial charge is 0.227 e. The fourth-order valence-corrected chi connectivity index (χ4v) is 1.61. The van der Waals surface area contributed by atoms with Gasteiger partial charge in [0, 0.05) is 17.7 Å². The van der Waals surface area contributed by atoms with Gasteiger partial charge in [0.1, 0.15) is 11.8 Å². The van der Waals surface area contributed by atoms with Gasteiger partial charge in [-0.3, -0.25) is 4.79 Å². The van der Waals surface area contributed by atoms with Crippen LogP contribution in [-0.2, 0) is 4.79 Å². The maximum atomic E-state index is 11.8. The molecule has 0 saturated heterocycles. The molecule has 0 fully saturated rings. The first kappa shape index (κ1) is 14.0. The minimum Gasteiger partial charge on any atom is -0.479 e. The monoisotopic (exact) mass is 246 g/mol. The second kappa shape index (κ2) is 7.33. The Morgan fingerprint density at radius 2 is 2.33 bits per heavy atom. The predicted molar refractivity (Wildman–Crippen MR) is 70.3 cm³/mol. The molecule has 1 aromatic carbocycles. The molecule has 0 bridgehead atoms. The molecule has 1 N–H and O–H groups in total. The fourth-order valence-electron chi connectivity index (χ4n) is 1.61. The molecule has 0 aliphatic carbocycles. The minimum atomic E-state index is -0.00122. The van der Waals surface area contributed by atoms with E-state index in [9.17, 15) is 4.79 Å². The lowest BCUT2D eigenvalue weighted by Gasteiger charge is -2.11. The van der Waals surface area contributed by atoms with Gasteiger partial charge in [0.15, 0.2) is 6.61 Å². The Hall–Kier alpha value is -2.02. The van der Waals surface area contributed by atoms with Crippen LogP contribution in [0.15, 0.2) is 24.3 Å². The topological polar surface area (TPSA) is 62.1 Å². The maximum Gasteiger partial charge on any atom is 0.227 e. The zero-order valence-corrected chi connectivity index (χ0v) is 10.8. The number of nitriles is 1. The van der Waals surface area contributed by atoms with Crippen molar-refractivity contribution in [2.45, 2.75) is 26.7 Å². The van der Waals surface area contributed by atoms with Crippen molar-refractivity contribution >= 4 is 11.6 Å². The van der Waals surface area contributed by atoms with Crippen molar-refractivity contribution in [1.82, 2.24) is 0 Å². The molecule has 0 radical (unpaired) electrons. The number of hydrogen-bond donors (Lipinski definition) is 1. The SMILES string of the molecule is CCCC(C)C(=O)Nc1cccc(OCC#N)c1. The van der Waals surface area contributed by atoms with Crippen LogP contribution in [-0.4, -0.2) is 12.5 Å². The quantitative estimate of drug-likeness (QED) is 0.839. The molecule has 0 heterocycles. The largest absolute Gasteiger partial charge is 0.479 e. The van der Waals surface area contributed by atoms with Crippen LogP contribution in [0.25, 0.3) is 0 Å². The second-order valence-corrected chi connectivity index (χ2v) is 4.15. The van der Waals surface area contributed by atoms with Gasteiger partial charge in [-0.25, -0.2) is 0 Å². The van der Waals surface area contributed by atoms with Crippen molar-refractivity contribution in [3.05, 3.63) is 24.3 Å². The van der Waals surface area contributed by atoms with Crippen molar-refractivity contribution in [2.24, 2.45) is 5.92 Å². The van der Waals surface area contributed by atoms with Crippen LogP contribution in [0.1, 0.15) is 26.7 Å². The third-order valence-corrected chi connectivity index (χ3v) is 2.57. The van der Waals surface area contributed by atoms with E-state index in [-0.39, 0.29) is 18.4 Å². The molecule has 1 rings (SSSR count). The molecule has 4 heteroatoms. The molecule has 0 aliphatic rings. The summed E-state index contributed by atoms with van der Waals surface area (Å²) in [6, 6.07) is 8.96. The van der Waals surface area contributed by atoms with Crippen LogP contribution >= 0.6 is 0 Å². The number of anilines is 1. The predicted octanol–water partition coefficient (Wildman–Crippen LogP) is 2.96. The number of rotatable bonds is 6. The molecular weight excluding hydrogens is 228 g/mol. The molecule has 1 atom stereocenters. The van der Waals surface area contributed by atoms with Crippen LogP contribution in [0.5, 0.6) is 5.75 Å². The van der Waals surface area contributed by atoms with E-state index in [0.717, 1.165) is 12.8 Å². The third-order valence-electron chi connectivity index (χ3n) is 2.57. The zero-order chi connectivity index (χ0) is 13.4. The van der Waals surface area contributed by atoms with Crippen molar-refractivity contribution in [3.8, 4) is 11.8 Å². The Labute approximate surface area is 108 Å². The van der Waals surface area contributed by atoms with Gasteiger partial charge < -0.3 is 10.1 Å². The number of nitrogens with one attached hydrogen (secondary N) is 1. The van der Waals surface area contributed by atoms with Gasteiger partial charge in [-0.1, -0.05) is 26.3 Å². The number of nitrogens with zero attached hydrogens (tertiary/aromatic N) is 1. The number of benzene rings is 1. The van der Waals surface area contributed by atoms with Gasteiger partial charge in [-0.15, -0.1) is 0 Å². The van der Waals surface area contributed by atoms with Crippen molar-refractivity contribution in [2.75, 3.05) is 11.9 Å². The average Bonchev–Trinajstić information content (AvgIpc) is 2.37. The molecule has 0 aliphatic heterocycles. The van der Waals surface area contributed by atoms with E-state index in [1.165, 1.54) is 0 Å². The number of hydrogen-bond acceptors (Lipinski definition) is 3. The molecule has 4 nitrogen and oxygen atoms in total.